The number of nitrogens with zero attached hydrogens (tertiary/aromatic N) is 3. The third kappa shape index (κ3) is 3.91. The number of nitrogens with one attached hydrogen (secondary N) is 1. The minimum Gasteiger partial charge on any atom is -0.347 e. The van der Waals surface area contributed by atoms with Crippen LogP contribution < -0.4 is 10.2 Å². The van der Waals surface area contributed by atoms with Crippen LogP contribution in [0.5, 0.6) is 0 Å². The molecule has 1 N–H and O–H groups in total. The molecule has 0 aliphatic heterocycles. The van der Waals surface area contributed by atoms with E-state index in [0.29, 0.717) is 11.6 Å². The van der Waals surface area contributed by atoms with Crippen LogP contribution in [0.1, 0.15) is 5.56 Å². The van der Waals surface area contributed by atoms with E-state index in [1.165, 1.54) is 6.08 Å². The number of carbonyl (C=O) groups excluding carboxylic acids is 1. The topological polar surface area (TPSA) is 58.1 Å². The van der Waals surface area contributed by atoms with E-state index in [1.807, 2.05) is 44.4 Å². The standard InChI is InChI=1S/C15H16N4O/c1-19(2)15-16-10-13(11-17-15)18-14(20)9-8-12-6-4-3-5-7-12/h3-11H,1-2H3,(H,18,20)/b9-8+. The lowest BCUT2D eigenvalue weighted by molar-refractivity contribution is -0.111. The Morgan fingerprint density at radius 3 is 2.40 bits per heavy atom. The second kappa shape index (κ2) is 6.47. The van der Waals surface area contributed by atoms with Crippen molar-refractivity contribution in [3.8, 4) is 0 Å². The number of aromatic nitrogens is 2. The van der Waals surface area contributed by atoms with Crippen LogP contribution in [-0.2, 0) is 4.79 Å². The van der Waals surface area contributed by atoms with E-state index in [2.05, 4.69) is 15.3 Å². The first-order valence-electron chi connectivity index (χ1n) is 6.18. The first-order chi connectivity index (χ1) is 9.65. The summed E-state index contributed by atoms with van der Waals surface area (Å²) in [7, 11) is 3.71. The maximum atomic E-state index is 11.7. The third-order valence-electron chi connectivity index (χ3n) is 2.53. The molecule has 2 aromatic rings. The maximum Gasteiger partial charge on any atom is 0.248 e. The zero-order chi connectivity index (χ0) is 14.4. The molecular weight excluding hydrogens is 252 g/mol. The Balaban J connectivity index is 1.96. The van der Waals surface area contributed by atoms with Gasteiger partial charge in [-0.1, -0.05) is 30.3 Å². The molecule has 1 aromatic carbocycles. The number of hydrogen-bond donors (Lipinski definition) is 1. The number of anilines is 2. The lowest BCUT2D eigenvalue weighted by Crippen LogP contribution is -2.13. The molecule has 2 rings (SSSR count). The van der Waals surface area contributed by atoms with Crippen molar-refractivity contribution in [3.63, 3.8) is 0 Å². The number of carbonyl (C=O) groups is 1. The highest BCUT2D eigenvalue weighted by atomic mass is 16.1. The van der Waals surface area contributed by atoms with Gasteiger partial charge in [0.15, 0.2) is 0 Å². The molecule has 1 amide bonds. The Kier molecular flexibility index (Phi) is 4.44. The highest BCUT2D eigenvalue weighted by molar-refractivity contribution is 6.01. The average molecular weight is 268 g/mol. The van der Waals surface area contributed by atoms with Gasteiger partial charge < -0.3 is 10.2 Å². The Morgan fingerprint density at radius 1 is 1.15 bits per heavy atom. The maximum absolute atomic E-state index is 11.7. The zero-order valence-corrected chi connectivity index (χ0v) is 11.4. The summed E-state index contributed by atoms with van der Waals surface area (Å²) in [6.07, 6.45) is 6.40. The number of hydrogen-bond acceptors (Lipinski definition) is 4. The van der Waals surface area contributed by atoms with E-state index >= 15 is 0 Å². The summed E-state index contributed by atoms with van der Waals surface area (Å²) in [5.41, 5.74) is 1.54. The van der Waals surface area contributed by atoms with Crippen LogP contribution in [0.4, 0.5) is 11.6 Å². The van der Waals surface area contributed by atoms with Crippen LogP contribution in [0.25, 0.3) is 6.08 Å². The molecule has 0 aliphatic rings. The normalized spacial score (nSPS) is 10.5. The van der Waals surface area contributed by atoms with Crippen molar-refractivity contribution >= 4 is 23.6 Å². The van der Waals surface area contributed by atoms with Crippen LogP contribution in [0, 0.1) is 0 Å². The molecule has 0 saturated carbocycles. The zero-order valence-electron chi connectivity index (χ0n) is 11.4. The first kappa shape index (κ1) is 13.7. The molecule has 0 radical (unpaired) electrons. The quantitative estimate of drug-likeness (QED) is 0.864. The Hall–Kier alpha value is -2.69. The summed E-state index contributed by atoms with van der Waals surface area (Å²) in [6.45, 7) is 0. The van der Waals surface area contributed by atoms with E-state index in [9.17, 15) is 4.79 Å². The molecule has 5 nitrogen and oxygen atoms in total. The summed E-state index contributed by atoms with van der Waals surface area (Å²) < 4.78 is 0. The van der Waals surface area contributed by atoms with Crippen LogP contribution in [0.15, 0.2) is 48.8 Å². The molecule has 0 saturated heterocycles. The minimum absolute atomic E-state index is 0.213. The summed E-state index contributed by atoms with van der Waals surface area (Å²) >= 11 is 0. The van der Waals surface area contributed by atoms with Gasteiger partial charge in [-0.25, -0.2) is 9.97 Å². The fourth-order valence-electron chi connectivity index (χ4n) is 1.54. The van der Waals surface area contributed by atoms with Gasteiger partial charge in [-0.3, -0.25) is 4.79 Å². The Bertz CT molecular complexity index is 591. The molecule has 0 fully saturated rings. The lowest BCUT2D eigenvalue weighted by Gasteiger charge is -2.09. The third-order valence-corrected chi connectivity index (χ3v) is 2.53. The van der Waals surface area contributed by atoms with Gasteiger partial charge in [0, 0.05) is 20.2 Å². The highest BCUT2D eigenvalue weighted by Gasteiger charge is 2.01. The number of benzene rings is 1. The van der Waals surface area contributed by atoms with Crippen molar-refractivity contribution in [2.45, 2.75) is 0 Å². The molecule has 0 spiro atoms. The van der Waals surface area contributed by atoms with Crippen LogP contribution in [-0.4, -0.2) is 30.0 Å². The molecule has 0 bridgehead atoms. The van der Waals surface area contributed by atoms with E-state index in [0.717, 1.165) is 5.56 Å². The van der Waals surface area contributed by atoms with Crippen molar-refractivity contribution in [1.29, 1.82) is 0 Å². The van der Waals surface area contributed by atoms with Gasteiger partial charge in [0.05, 0.1) is 18.1 Å². The predicted octanol–water partition coefficient (Wildman–Crippen LogP) is 2.19. The second-order valence-electron chi connectivity index (χ2n) is 4.40. The van der Waals surface area contributed by atoms with Crippen molar-refractivity contribution in [2.24, 2.45) is 0 Å². The fraction of sp³-hybridized carbons (Fsp3) is 0.133. The van der Waals surface area contributed by atoms with Gasteiger partial charge in [0.25, 0.3) is 0 Å². The van der Waals surface area contributed by atoms with Crippen molar-refractivity contribution in [2.75, 3.05) is 24.3 Å². The monoisotopic (exact) mass is 268 g/mol. The molecule has 102 valence electrons. The minimum atomic E-state index is -0.213. The van der Waals surface area contributed by atoms with E-state index < -0.39 is 0 Å². The van der Waals surface area contributed by atoms with Crippen molar-refractivity contribution in [3.05, 3.63) is 54.4 Å². The van der Waals surface area contributed by atoms with Gasteiger partial charge in [-0.15, -0.1) is 0 Å². The van der Waals surface area contributed by atoms with Crippen molar-refractivity contribution in [1.82, 2.24) is 9.97 Å². The van der Waals surface area contributed by atoms with Gasteiger partial charge >= 0.3 is 0 Å². The number of rotatable bonds is 4. The first-order valence-corrected chi connectivity index (χ1v) is 6.18. The molecule has 5 heteroatoms. The van der Waals surface area contributed by atoms with Crippen LogP contribution in [0.2, 0.25) is 0 Å². The molecular formula is C15H16N4O. The Labute approximate surface area is 118 Å². The van der Waals surface area contributed by atoms with E-state index in [4.69, 9.17) is 0 Å². The second-order valence-corrected chi connectivity index (χ2v) is 4.40. The fourth-order valence-corrected chi connectivity index (χ4v) is 1.54. The Morgan fingerprint density at radius 2 is 1.80 bits per heavy atom. The predicted molar refractivity (Wildman–Crippen MR) is 80.5 cm³/mol. The molecule has 1 heterocycles. The van der Waals surface area contributed by atoms with E-state index in [1.54, 1.807) is 23.4 Å². The van der Waals surface area contributed by atoms with Crippen LogP contribution in [0.3, 0.4) is 0 Å². The SMILES string of the molecule is CN(C)c1ncc(NC(=O)/C=C/c2ccccc2)cn1. The van der Waals surface area contributed by atoms with E-state index in [-0.39, 0.29) is 5.91 Å². The molecule has 1 aromatic heterocycles. The van der Waals surface area contributed by atoms with Gasteiger partial charge in [0.2, 0.25) is 11.9 Å². The highest BCUT2D eigenvalue weighted by Crippen LogP contribution is 2.08. The average Bonchev–Trinajstić information content (AvgIpc) is 2.47. The van der Waals surface area contributed by atoms with Gasteiger partial charge in [-0.2, -0.15) is 0 Å². The largest absolute Gasteiger partial charge is 0.347 e. The van der Waals surface area contributed by atoms with Crippen molar-refractivity contribution < 1.29 is 4.79 Å². The van der Waals surface area contributed by atoms with Crippen LogP contribution >= 0.6 is 0 Å². The molecule has 0 aliphatic carbocycles. The van der Waals surface area contributed by atoms with Gasteiger partial charge in [0.1, 0.15) is 0 Å². The molecule has 20 heavy (non-hydrogen) atoms. The summed E-state index contributed by atoms with van der Waals surface area (Å²) in [5.74, 6) is 0.387. The summed E-state index contributed by atoms with van der Waals surface area (Å²) in [5, 5.41) is 2.71. The summed E-state index contributed by atoms with van der Waals surface area (Å²) in [6, 6.07) is 9.63. The molecule has 0 unspecified atom stereocenters. The number of amides is 1. The smallest absolute Gasteiger partial charge is 0.248 e. The summed E-state index contributed by atoms with van der Waals surface area (Å²) in [4.78, 5) is 21.8. The molecule has 0 atom stereocenters. The lowest BCUT2D eigenvalue weighted by atomic mass is 10.2. The van der Waals surface area contributed by atoms with Gasteiger partial charge in [-0.05, 0) is 11.6 Å².